The van der Waals surface area contributed by atoms with Crippen molar-refractivity contribution in [2.75, 3.05) is 26.9 Å². The SMILES string of the molecule is CCCCC/C=C\CCC(=O)N[C@H]1[C@H](Oc2c3cc4cc2Oc2ccc(cc2Cl)[C@@H](O[C@@H]2O[C@H](CO)[C@@H](O)[C@H](O)[C@H]2NC(C)=O)[C@@H]2NC(=O)[C@@H](NC(=O)[C@@H]4NC(=O)[C@H]4NC(=O)[C@H](NC(=O)[C@@H](N)c5ccc(O)c(c5)Oc5cc4cc(O)c5C)[C@H](O)c4ccc(c(Cl)c4)O3)c3ccc(O)c(c3)-c3c(O[C@@H]4O[C@H](CO)[C@@H](O)[C@H](O)[C@H]4O)cc(O)cc3C(C(=O)OC)NC2=O)O[C@H](CO)[C@@H](O)[C@@H]1O. The van der Waals surface area contributed by atoms with Gasteiger partial charge in [-0.3, -0.25) is 38.4 Å². The molecule has 0 aliphatic carbocycles. The molecule has 135 heavy (non-hydrogen) atoms. The maximum absolute atomic E-state index is 17.1. The van der Waals surface area contributed by atoms with E-state index < -0.39 is 326 Å². The van der Waals surface area contributed by atoms with Crippen LogP contribution in [0.2, 0.25) is 10.0 Å². The molecule has 16 rings (SSSR count). The number of phenolic OH excluding ortho intramolecular Hbond substituents is 4. The third-order valence-electron chi connectivity index (χ3n) is 23.9. The standard InChI is InChI=1S/C90H99Cl2N9O34/c1-5-6-7-8-9-10-11-12-60(110)95-69-76(116)73(113)58(32-103)132-89(69)135-80-55-27-41-28-56(80)128-51-20-16-39(23-46(51)92)79(134-88-68(94-35(3)105)75(115)72(112)57(31-102)131-88)70-86(124)99-66(87(125)126-4)44-29-42(106)30-54(130-90-78(118)77(117)74(114)59(33-104)133-90)61(44)43-21-37(14-17-47(43)107)63(82(120)101-70)96-84(122)65(41)97-83(121)64-40-24-49(109)34(2)52(26-40)129-53-25-36(13-18-48(53)108)62(93)81(119)100-67(85(123)98-64)71(111)38-15-19-50(127-55)45(91)22-38/h9-10,13-30,57-59,62-79,88-90,102-104,106-109,111-118H,5-8,11-12,31-33,93H2,1-4H3,(H,94,105)(H,95,110)(H,96,122)(H,97,121)(H,98,123)(H,99,124)(H,100,119)(H,101,120)/b10-9-/t57-,58-,59-,62+,63+,64+,65-,66?,67-,68-,69-,70+,71-,72-,73-,74-,75-,76-,77+,78-,79-,88+,89+,90-/m1/s1. The third-order valence-corrected chi connectivity index (χ3v) is 24.5. The molecule has 9 aliphatic rings. The van der Waals surface area contributed by atoms with Gasteiger partial charge >= 0.3 is 5.97 Å². The Bertz CT molecular complexity index is 5720. The van der Waals surface area contributed by atoms with Gasteiger partial charge in [-0.25, -0.2) is 4.79 Å². The predicted octanol–water partition coefficient (Wildman–Crippen LogP) is 0.827. The molecular weight excluding hydrogens is 1820 g/mol. The highest BCUT2D eigenvalue weighted by atomic mass is 35.5. The van der Waals surface area contributed by atoms with Crippen molar-refractivity contribution in [1.82, 2.24) is 42.5 Å². The van der Waals surface area contributed by atoms with E-state index in [2.05, 4.69) is 42.5 Å². The molecule has 43 nitrogen and oxygen atoms in total. The molecule has 0 radical (unpaired) electrons. The van der Waals surface area contributed by atoms with E-state index in [1.165, 1.54) is 13.0 Å². The number of amides is 8. The molecule has 7 aromatic rings. The van der Waals surface area contributed by atoms with E-state index in [-0.39, 0.29) is 40.8 Å². The summed E-state index contributed by atoms with van der Waals surface area (Å²) in [5.41, 5.74) is 2.34. The smallest absolute Gasteiger partial charge is 0.333 e. The van der Waals surface area contributed by atoms with Gasteiger partial charge in [0, 0.05) is 41.7 Å². The number of aliphatic hydroxyl groups excluding tert-OH is 11. The summed E-state index contributed by atoms with van der Waals surface area (Å²) in [7, 11) is 0.845. The summed E-state index contributed by atoms with van der Waals surface area (Å²) < 4.78 is 63.0. The Morgan fingerprint density at radius 3 is 1.63 bits per heavy atom. The van der Waals surface area contributed by atoms with Crippen molar-refractivity contribution in [3.8, 4) is 80.1 Å². The molecule has 0 spiro atoms. The number of unbranched alkanes of at least 4 members (excludes halogenated alkanes) is 3. The number of hydrogen-bond acceptors (Lipinski definition) is 35. The number of fused-ring (bicyclic) bond motifs is 14. The summed E-state index contributed by atoms with van der Waals surface area (Å²) in [6.45, 7) is 1.19. The zero-order chi connectivity index (χ0) is 97.1. The second-order valence-electron chi connectivity index (χ2n) is 33.0. The maximum Gasteiger partial charge on any atom is 0.333 e. The number of esters is 1. The van der Waals surface area contributed by atoms with Crippen molar-refractivity contribution in [2.24, 2.45) is 5.73 Å². The molecule has 3 fully saturated rings. The molecule has 3 saturated heterocycles. The molecule has 24 atom stereocenters. The van der Waals surface area contributed by atoms with Gasteiger partial charge < -0.3 is 172 Å². The summed E-state index contributed by atoms with van der Waals surface area (Å²) >= 11 is 14.7. The number of halogens is 2. The number of aromatic hydroxyl groups is 4. The van der Waals surface area contributed by atoms with Gasteiger partial charge in [-0.2, -0.15) is 0 Å². The monoisotopic (exact) mass is 1920 g/mol. The van der Waals surface area contributed by atoms with Crippen LogP contribution in [0.5, 0.6) is 69.0 Å². The number of nitrogens with two attached hydrogens (primary N) is 1. The van der Waals surface area contributed by atoms with E-state index in [1.807, 2.05) is 13.0 Å². The van der Waals surface area contributed by atoms with Crippen molar-refractivity contribution in [3.05, 3.63) is 176 Å². The quantitative estimate of drug-likeness (QED) is 0.0303. The summed E-state index contributed by atoms with van der Waals surface area (Å²) in [5.74, 6) is -19.7. The van der Waals surface area contributed by atoms with Crippen molar-refractivity contribution in [1.29, 1.82) is 0 Å². The van der Waals surface area contributed by atoms with Crippen LogP contribution in [0.15, 0.2) is 121 Å². The highest BCUT2D eigenvalue weighted by Crippen LogP contribution is 2.52. The minimum atomic E-state index is -2.57. The van der Waals surface area contributed by atoms with Crippen LogP contribution in [-0.4, -0.2) is 261 Å². The van der Waals surface area contributed by atoms with E-state index in [1.54, 1.807) is 6.08 Å². The molecule has 17 bridgehead atoms. The Morgan fingerprint density at radius 1 is 0.489 bits per heavy atom. The lowest BCUT2D eigenvalue weighted by Crippen LogP contribution is -2.65. The van der Waals surface area contributed by atoms with Crippen LogP contribution in [0.1, 0.15) is 139 Å². The number of carbonyl (C=O) groups is 9. The molecule has 25 N–H and O–H groups in total. The number of rotatable bonds is 19. The number of ether oxygens (including phenoxy) is 10. The lowest BCUT2D eigenvalue weighted by atomic mass is 9.89. The number of methoxy groups -OCH3 is 1. The fourth-order valence-corrected chi connectivity index (χ4v) is 17.0. The molecule has 9 aliphatic heterocycles. The van der Waals surface area contributed by atoms with Crippen molar-refractivity contribution in [2.45, 2.75) is 206 Å². The van der Waals surface area contributed by atoms with Crippen molar-refractivity contribution < 1.29 is 167 Å². The Hall–Kier alpha value is -12.4. The fraction of sp³-hybridized carbons (Fsp3) is 0.411. The first kappa shape index (κ1) is 98.6. The average molecular weight is 1920 g/mol. The molecule has 1 unspecified atom stereocenters. The van der Waals surface area contributed by atoms with E-state index in [0.29, 0.717) is 6.42 Å². The van der Waals surface area contributed by atoms with Crippen LogP contribution >= 0.6 is 23.2 Å². The number of carbonyl (C=O) groups excluding carboxylic acids is 9. The number of benzene rings is 7. The minimum Gasteiger partial charge on any atom is -0.508 e. The topological polar surface area (TPSA) is 672 Å². The number of hydrogen-bond donors (Lipinski definition) is 24. The van der Waals surface area contributed by atoms with Crippen LogP contribution in [0, 0.1) is 6.92 Å². The minimum absolute atomic E-state index is 0.0517. The number of phenols is 4. The fourth-order valence-electron chi connectivity index (χ4n) is 16.5. The summed E-state index contributed by atoms with van der Waals surface area (Å²) in [5, 5.41) is 192. The van der Waals surface area contributed by atoms with E-state index in [9.17, 15) is 95.8 Å². The molecule has 8 amide bonds. The number of aliphatic hydroxyl groups is 11. The third kappa shape index (κ3) is 20.9. The van der Waals surface area contributed by atoms with Crippen LogP contribution in [0.25, 0.3) is 11.1 Å². The van der Waals surface area contributed by atoms with Crippen LogP contribution in [-0.2, 0) is 66.8 Å². The lowest BCUT2D eigenvalue weighted by Gasteiger charge is -2.44. The molecular formula is C90H99Cl2N9O34. The highest BCUT2D eigenvalue weighted by molar-refractivity contribution is 6.32. The Kier molecular flexibility index (Phi) is 30.6. The molecule has 0 aromatic heterocycles. The van der Waals surface area contributed by atoms with Crippen molar-refractivity contribution in [3.63, 3.8) is 0 Å². The summed E-state index contributed by atoms with van der Waals surface area (Å²) in [4.78, 5) is 140. The first-order valence-corrected chi connectivity index (χ1v) is 43.4. The Morgan fingerprint density at radius 2 is 1.01 bits per heavy atom. The van der Waals surface area contributed by atoms with Gasteiger partial charge in [-0.1, -0.05) is 79.4 Å². The predicted molar refractivity (Wildman–Crippen MR) is 463 cm³/mol. The average Bonchev–Trinajstić information content (AvgIpc) is 0.757. The lowest BCUT2D eigenvalue weighted by molar-refractivity contribution is -0.284. The maximum atomic E-state index is 17.1. The van der Waals surface area contributed by atoms with Crippen LogP contribution in [0.4, 0.5) is 0 Å². The van der Waals surface area contributed by atoms with Crippen molar-refractivity contribution >= 4 is 76.4 Å². The largest absolute Gasteiger partial charge is 0.508 e. The Balaban J connectivity index is 1.05. The normalized spacial score (nSPS) is 29.1. The van der Waals surface area contributed by atoms with Gasteiger partial charge in [-0.05, 0) is 138 Å². The second kappa shape index (κ2) is 41.9. The van der Waals surface area contributed by atoms with Crippen LogP contribution in [0.3, 0.4) is 0 Å². The van der Waals surface area contributed by atoms with Gasteiger partial charge in [0.05, 0.1) is 37.0 Å². The molecule has 9 heterocycles. The zero-order valence-electron chi connectivity index (χ0n) is 72.1. The molecule has 722 valence electrons. The first-order chi connectivity index (χ1) is 64.4. The second-order valence-corrected chi connectivity index (χ2v) is 33.8. The van der Waals surface area contributed by atoms with E-state index in [4.69, 9.17) is 76.3 Å². The van der Waals surface area contributed by atoms with Gasteiger partial charge in [0.15, 0.2) is 35.3 Å². The Labute approximate surface area is 776 Å². The summed E-state index contributed by atoms with van der Waals surface area (Å²) in [6.07, 6.45) is -24.0. The summed E-state index contributed by atoms with van der Waals surface area (Å²) in [6, 6.07) is -1.55. The molecule has 7 aromatic carbocycles. The zero-order valence-corrected chi connectivity index (χ0v) is 73.6. The van der Waals surface area contributed by atoms with Gasteiger partial charge in [0.1, 0.15) is 162 Å². The van der Waals surface area contributed by atoms with E-state index in [0.717, 1.165) is 136 Å². The van der Waals surface area contributed by atoms with E-state index >= 15 is 24.0 Å². The van der Waals surface area contributed by atoms with Gasteiger partial charge in [0.2, 0.25) is 65.6 Å². The van der Waals surface area contributed by atoms with Crippen LogP contribution < -0.4 is 72.0 Å². The first-order valence-electron chi connectivity index (χ1n) is 42.7. The van der Waals surface area contributed by atoms with Gasteiger partial charge in [0.25, 0.3) is 0 Å². The highest BCUT2D eigenvalue weighted by Gasteiger charge is 2.53. The number of nitrogens with one attached hydrogen (secondary N) is 8. The number of allylic oxidation sites excluding steroid dienone is 2. The van der Waals surface area contributed by atoms with Gasteiger partial charge in [-0.15, -0.1) is 0 Å². The molecule has 0 saturated carbocycles. The molecule has 45 heteroatoms.